The minimum Gasteiger partial charge on any atom is -0.331 e. The number of carbonyl (C=O) groups excluding carboxylic acids is 1. The van der Waals surface area contributed by atoms with E-state index in [1.165, 1.54) is 12.8 Å². The zero-order valence-corrected chi connectivity index (χ0v) is 10.2. The third-order valence-electron chi connectivity index (χ3n) is 4.02. The molecule has 2 aliphatic rings. The van der Waals surface area contributed by atoms with E-state index in [4.69, 9.17) is 5.73 Å². The Bertz CT molecular complexity index is 257. The lowest BCUT2D eigenvalue weighted by Crippen LogP contribution is -2.61. The van der Waals surface area contributed by atoms with Gasteiger partial charge < -0.3 is 16.0 Å². The van der Waals surface area contributed by atoms with Crippen LogP contribution in [0.1, 0.15) is 39.0 Å². The van der Waals surface area contributed by atoms with Gasteiger partial charge in [-0.25, -0.2) is 4.79 Å². The number of nitrogens with two attached hydrogens (primary N) is 1. The Balaban J connectivity index is 1.87. The summed E-state index contributed by atoms with van der Waals surface area (Å²) in [5, 5.41) is 3.13. The van der Waals surface area contributed by atoms with Crippen molar-refractivity contribution in [2.75, 3.05) is 19.6 Å². The summed E-state index contributed by atoms with van der Waals surface area (Å²) < 4.78 is 0. The number of carbonyl (C=O) groups is 1. The number of hydrogen-bond donors (Lipinski definition) is 2. The van der Waals surface area contributed by atoms with Crippen molar-refractivity contribution in [1.29, 1.82) is 0 Å². The van der Waals surface area contributed by atoms with Crippen molar-refractivity contribution in [2.24, 2.45) is 11.7 Å². The Morgan fingerprint density at radius 2 is 2.25 bits per heavy atom. The maximum atomic E-state index is 12.1. The van der Waals surface area contributed by atoms with Crippen LogP contribution in [0.2, 0.25) is 0 Å². The first kappa shape index (κ1) is 11.7. The maximum Gasteiger partial charge on any atom is 0.317 e. The van der Waals surface area contributed by atoms with Crippen LogP contribution in [-0.2, 0) is 0 Å². The van der Waals surface area contributed by atoms with E-state index in [-0.39, 0.29) is 11.6 Å². The predicted octanol–water partition coefficient (Wildman–Crippen LogP) is 1.31. The topological polar surface area (TPSA) is 58.4 Å². The summed E-state index contributed by atoms with van der Waals surface area (Å²) in [6.07, 6.45) is 5.64. The van der Waals surface area contributed by atoms with Crippen molar-refractivity contribution in [1.82, 2.24) is 10.2 Å². The summed E-state index contributed by atoms with van der Waals surface area (Å²) in [6, 6.07) is 0.0942. The molecule has 0 aromatic rings. The second kappa shape index (κ2) is 4.62. The molecule has 0 spiro atoms. The van der Waals surface area contributed by atoms with E-state index in [1.54, 1.807) is 0 Å². The molecule has 1 aliphatic heterocycles. The van der Waals surface area contributed by atoms with Crippen LogP contribution in [-0.4, -0.2) is 36.1 Å². The minimum atomic E-state index is -0.0855. The SMILES string of the molecule is CC1CCCN(C(=O)NC2(CN)CCC2)C1. The van der Waals surface area contributed by atoms with Crippen molar-refractivity contribution >= 4 is 6.03 Å². The first-order valence-corrected chi connectivity index (χ1v) is 6.42. The highest BCUT2D eigenvalue weighted by Crippen LogP contribution is 2.31. The average molecular weight is 225 g/mol. The number of likely N-dealkylation sites (tertiary alicyclic amines) is 1. The van der Waals surface area contributed by atoms with E-state index in [1.807, 2.05) is 4.90 Å². The predicted molar refractivity (Wildman–Crippen MR) is 64.1 cm³/mol. The van der Waals surface area contributed by atoms with Crippen LogP contribution in [0.5, 0.6) is 0 Å². The van der Waals surface area contributed by atoms with Crippen LogP contribution in [0.25, 0.3) is 0 Å². The van der Waals surface area contributed by atoms with E-state index >= 15 is 0 Å². The second-order valence-electron chi connectivity index (χ2n) is 5.46. The van der Waals surface area contributed by atoms with Gasteiger partial charge in [0.2, 0.25) is 0 Å². The highest BCUT2D eigenvalue weighted by Gasteiger charge is 2.38. The number of hydrogen-bond acceptors (Lipinski definition) is 2. The third-order valence-corrected chi connectivity index (χ3v) is 4.02. The van der Waals surface area contributed by atoms with Crippen molar-refractivity contribution in [2.45, 2.75) is 44.6 Å². The lowest BCUT2D eigenvalue weighted by Gasteiger charge is -2.43. The average Bonchev–Trinajstić information content (AvgIpc) is 2.23. The fourth-order valence-corrected chi connectivity index (χ4v) is 2.66. The van der Waals surface area contributed by atoms with Gasteiger partial charge in [0.1, 0.15) is 0 Å². The fraction of sp³-hybridized carbons (Fsp3) is 0.917. The van der Waals surface area contributed by atoms with E-state index in [2.05, 4.69) is 12.2 Å². The first-order valence-electron chi connectivity index (χ1n) is 6.42. The van der Waals surface area contributed by atoms with Crippen LogP contribution in [0, 0.1) is 5.92 Å². The smallest absolute Gasteiger partial charge is 0.317 e. The molecule has 2 fully saturated rings. The van der Waals surface area contributed by atoms with Gasteiger partial charge in [0.15, 0.2) is 0 Å². The van der Waals surface area contributed by atoms with Crippen molar-refractivity contribution in [3.05, 3.63) is 0 Å². The molecule has 0 aromatic carbocycles. The first-order chi connectivity index (χ1) is 7.65. The maximum absolute atomic E-state index is 12.1. The molecule has 1 unspecified atom stereocenters. The number of amides is 2. The summed E-state index contributed by atoms with van der Waals surface area (Å²) in [7, 11) is 0. The summed E-state index contributed by atoms with van der Waals surface area (Å²) in [5.74, 6) is 0.634. The minimum absolute atomic E-state index is 0.0855. The van der Waals surface area contributed by atoms with Gasteiger partial charge >= 0.3 is 6.03 Å². The molecule has 1 saturated carbocycles. The molecule has 4 heteroatoms. The van der Waals surface area contributed by atoms with Gasteiger partial charge in [-0.1, -0.05) is 6.92 Å². The molecular formula is C12H23N3O. The molecule has 92 valence electrons. The number of nitrogens with one attached hydrogen (secondary N) is 1. The molecule has 16 heavy (non-hydrogen) atoms. The van der Waals surface area contributed by atoms with Crippen LogP contribution >= 0.6 is 0 Å². The zero-order chi connectivity index (χ0) is 11.6. The molecule has 1 atom stereocenters. The molecule has 1 aliphatic carbocycles. The summed E-state index contributed by atoms with van der Waals surface area (Å²) in [6.45, 7) is 4.58. The molecule has 2 amide bonds. The highest BCUT2D eigenvalue weighted by atomic mass is 16.2. The Labute approximate surface area is 97.6 Å². The van der Waals surface area contributed by atoms with E-state index in [0.29, 0.717) is 12.5 Å². The fourth-order valence-electron chi connectivity index (χ4n) is 2.66. The Morgan fingerprint density at radius 3 is 2.75 bits per heavy atom. The summed E-state index contributed by atoms with van der Waals surface area (Å²) in [5.41, 5.74) is 5.66. The largest absolute Gasteiger partial charge is 0.331 e. The van der Waals surface area contributed by atoms with Crippen LogP contribution < -0.4 is 11.1 Å². The van der Waals surface area contributed by atoms with Crippen molar-refractivity contribution < 1.29 is 4.79 Å². The number of rotatable bonds is 2. The van der Waals surface area contributed by atoms with E-state index in [0.717, 1.165) is 32.4 Å². The standard InChI is InChI=1S/C12H23N3O/c1-10-4-2-7-15(8-10)11(16)14-12(9-13)5-3-6-12/h10H,2-9,13H2,1H3,(H,14,16). The van der Waals surface area contributed by atoms with E-state index in [9.17, 15) is 4.79 Å². The summed E-state index contributed by atoms with van der Waals surface area (Å²) >= 11 is 0. The molecule has 1 heterocycles. The third kappa shape index (κ3) is 2.32. The van der Waals surface area contributed by atoms with Crippen molar-refractivity contribution in [3.8, 4) is 0 Å². The van der Waals surface area contributed by atoms with Gasteiger partial charge in [-0.2, -0.15) is 0 Å². The number of urea groups is 1. The van der Waals surface area contributed by atoms with Crippen LogP contribution in [0.4, 0.5) is 4.79 Å². The van der Waals surface area contributed by atoms with Crippen LogP contribution in [0.15, 0.2) is 0 Å². The van der Waals surface area contributed by atoms with Crippen LogP contribution in [0.3, 0.4) is 0 Å². The normalized spacial score (nSPS) is 28.4. The van der Waals surface area contributed by atoms with Gasteiger partial charge in [0.05, 0.1) is 5.54 Å². The monoisotopic (exact) mass is 225 g/mol. The summed E-state index contributed by atoms with van der Waals surface area (Å²) in [4.78, 5) is 14.0. The number of nitrogens with zero attached hydrogens (tertiary/aromatic N) is 1. The second-order valence-corrected chi connectivity index (χ2v) is 5.46. The van der Waals surface area contributed by atoms with Gasteiger partial charge in [0.25, 0.3) is 0 Å². The van der Waals surface area contributed by atoms with Gasteiger partial charge in [-0.15, -0.1) is 0 Å². The Hall–Kier alpha value is -0.770. The Kier molecular flexibility index (Phi) is 3.38. The highest BCUT2D eigenvalue weighted by molar-refractivity contribution is 5.75. The Morgan fingerprint density at radius 1 is 1.50 bits per heavy atom. The van der Waals surface area contributed by atoms with Crippen molar-refractivity contribution in [3.63, 3.8) is 0 Å². The molecule has 0 bridgehead atoms. The molecule has 0 aromatic heterocycles. The van der Waals surface area contributed by atoms with Gasteiger partial charge in [-0.05, 0) is 38.0 Å². The molecular weight excluding hydrogens is 202 g/mol. The molecule has 4 nitrogen and oxygen atoms in total. The zero-order valence-electron chi connectivity index (χ0n) is 10.2. The van der Waals surface area contributed by atoms with Gasteiger partial charge in [-0.3, -0.25) is 0 Å². The lowest BCUT2D eigenvalue weighted by molar-refractivity contribution is 0.137. The number of piperidine rings is 1. The van der Waals surface area contributed by atoms with Gasteiger partial charge in [0, 0.05) is 19.6 Å². The lowest BCUT2D eigenvalue weighted by atomic mass is 9.77. The molecule has 1 saturated heterocycles. The molecule has 2 rings (SSSR count). The van der Waals surface area contributed by atoms with E-state index < -0.39 is 0 Å². The molecule has 0 radical (unpaired) electrons. The quantitative estimate of drug-likeness (QED) is 0.744. The molecule has 3 N–H and O–H groups in total.